The molecule has 1 aliphatic carbocycles. The quantitative estimate of drug-likeness (QED) is 0.394. The number of hydrogen-bond donors (Lipinski definition) is 2. The summed E-state index contributed by atoms with van der Waals surface area (Å²) in [6, 6.07) is 13.4. The number of hydrogen-bond acceptors (Lipinski definition) is 8. The zero-order valence-corrected chi connectivity index (χ0v) is 26.8. The summed E-state index contributed by atoms with van der Waals surface area (Å²) in [5, 5.41) is 28.7. The molecule has 12 heteroatoms. The summed E-state index contributed by atoms with van der Waals surface area (Å²) in [6.45, 7) is 4.71. The van der Waals surface area contributed by atoms with Crippen LogP contribution >= 0.6 is 0 Å². The summed E-state index contributed by atoms with van der Waals surface area (Å²) < 4.78 is 0. The molecule has 2 N–H and O–H groups in total. The average Bonchev–Trinajstić information content (AvgIpc) is 3.72. The number of nitrogens with zero attached hydrogens (tertiary/aromatic N) is 7. The van der Waals surface area contributed by atoms with Gasteiger partial charge in [-0.3, -0.25) is 14.4 Å². The number of nitriles is 1. The van der Waals surface area contributed by atoms with Crippen LogP contribution in [-0.4, -0.2) is 106 Å². The Morgan fingerprint density at radius 1 is 1.02 bits per heavy atom. The van der Waals surface area contributed by atoms with E-state index in [1.807, 2.05) is 50.2 Å². The minimum Gasteiger partial charge on any atom is -0.345 e. The molecule has 2 aliphatic rings. The fourth-order valence-electron chi connectivity index (χ4n) is 6.82. The third-order valence-electron chi connectivity index (χ3n) is 8.97. The van der Waals surface area contributed by atoms with Gasteiger partial charge in [0.2, 0.25) is 5.91 Å². The number of aromatic amines is 1. The van der Waals surface area contributed by atoms with Gasteiger partial charge in [-0.25, -0.2) is 0 Å². The van der Waals surface area contributed by atoms with E-state index in [-0.39, 0.29) is 24.3 Å². The van der Waals surface area contributed by atoms with Crippen molar-refractivity contribution in [3.63, 3.8) is 0 Å². The van der Waals surface area contributed by atoms with Crippen LogP contribution in [0, 0.1) is 11.3 Å². The van der Waals surface area contributed by atoms with Gasteiger partial charge in [0.05, 0.1) is 18.0 Å². The van der Waals surface area contributed by atoms with E-state index in [0.717, 1.165) is 28.7 Å². The van der Waals surface area contributed by atoms with Crippen molar-refractivity contribution in [1.29, 1.82) is 5.26 Å². The number of fused-ring (bicyclic) bond motifs is 2. The molecular formula is C33H41N9O3. The van der Waals surface area contributed by atoms with Crippen LogP contribution in [0.4, 0.5) is 0 Å². The zero-order chi connectivity index (χ0) is 32.5. The van der Waals surface area contributed by atoms with E-state index in [2.05, 4.69) is 32.0 Å². The summed E-state index contributed by atoms with van der Waals surface area (Å²) >= 11 is 0. The monoisotopic (exact) mass is 611 g/mol. The molecule has 1 aliphatic heterocycles. The highest BCUT2D eigenvalue weighted by atomic mass is 16.2. The predicted octanol–water partition coefficient (Wildman–Crippen LogP) is 2.31. The molecule has 1 aromatic heterocycles. The molecule has 12 nitrogen and oxygen atoms in total. The Kier molecular flexibility index (Phi) is 8.76. The summed E-state index contributed by atoms with van der Waals surface area (Å²) in [5.41, 5.74) is 3.40. The van der Waals surface area contributed by atoms with Crippen LogP contribution in [0.3, 0.4) is 0 Å². The summed E-state index contributed by atoms with van der Waals surface area (Å²) in [4.78, 5) is 44.0. The molecule has 2 aromatic carbocycles. The van der Waals surface area contributed by atoms with Crippen molar-refractivity contribution in [1.82, 2.24) is 40.6 Å². The highest BCUT2D eigenvalue weighted by Crippen LogP contribution is 2.48. The van der Waals surface area contributed by atoms with Gasteiger partial charge < -0.3 is 20.0 Å². The Hall–Kier alpha value is -4.63. The van der Waals surface area contributed by atoms with Crippen molar-refractivity contribution >= 4 is 17.7 Å². The Morgan fingerprint density at radius 3 is 2.09 bits per heavy atom. The van der Waals surface area contributed by atoms with Gasteiger partial charge in [0, 0.05) is 51.4 Å². The van der Waals surface area contributed by atoms with Gasteiger partial charge in [-0.2, -0.15) is 10.5 Å². The number of tetrazole rings is 1. The van der Waals surface area contributed by atoms with Crippen molar-refractivity contribution < 1.29 is 14.4 Å². The van der Waals surface area contributed by atoms with E-state index in [0.29, 0.717) is 49.2 Å². The minimum atomic E-state index is -0.948. The molecule has 5 rings (SSSR count). The highest BCUT2D eigenvalue weighted by molar-refractivity contribution is 5.95. The Bertz CT molecular complexity index is 1570. The molecular weight excluding hydrogens is 570 g/mol. The number of benzene rings is 2. The van der Waals surface area contributed by atoms with E-state index < -0.39 is 17.0 Å². The largest absolute Gasteiger partial charge is 0.345 e. The van der Waals surface area contributed by atoms with Crippen LogP contribution in [0.5, 0.6) is 0 Å². The third kappa shape index (κ3) is 6.04. The number of likely N-dealkylation sites (tertiary alicyclic amines) is 1. The predicted molar refractivity (Wildman–Crippen MR) is 167 cm³/mol. The fourth-order valence-corrected chi connectivity index (χ4v) is 6.82. The molecule has 1 unspecified atom stereocenters. The molecule has 2 heterocycles. The normalized spacial score (nSPS) is 17.1. The van der Waals surface area contributed by atoms with Gasteiger partial charge in [0.1, 0.15) is 6.04 Å². The number of rotatable bonds is 8. The lowest BCUT2D eigenvalue weighted by Crippen LogP contribution is -2.51. The summed E-state index contributed by atoms with van der Waals surface area (Å²) in [7, 11) is 6.92. The smallest absolute Gasteiger partial charge is 0.253 e. The Balaban J connectivity index is 1.64. The average molecular weight is 612 g/mol. The van der Waals surface area contributed by atoms with Crippen molar-refractivity contribution in [3.05, 3.63) is 75.6 Å². The van der Waals surface area contributed by atoms with E-state index in [9.17, 15) is 19.6 Å². The number of nitrogens with one attached hydrogen (secondary N) is 2. The summed E-state index contributed by atoms with van der Waals surface area (Å²) in [6.07, 6.45) is 3.20. The first-order valence-corrected chi connectivity index (χ1v) is 15.3. The molecule has 0 radical (unpaired) electrons. The van der Waals surface area contributed by atoms with Crippen LogP contribution < -0.4 is 5.32 Å². The zero-order valence-electron chi connectivity index (χ0n) is 26.8. The topological polar surface area (TPSA) is 151 Å². The SMILES string of the molecule is CN(C)C(=O)c1ccc2c(c1)CCc1cc(C(=O)N(C)C)ccc1C2(CC(C)(C)NCC(=O)N1CCCC1C#N)c1nn[nH]n1. The molecule has 45 heavy (non-hydrogen) atoms. The number of H-pyrrole nitrogens is 1. The number of aromatic nitrogens is 4. The van der Waals surface area contributed by atoms with Crippen molar-refractivity contribution in [2.24, 2.45) is 0 Å². The van der Waals surface area contributed by atoms with E-state index in [4.69, 9.17) is 0 Å². The molecule has 1 atom stereocenters. The lowest BCUT2D eigenvalue weighted by molar-refractivity contribution is -0.130. The lowest BCUT2D eigenvalue weighted by Gasteiger charge is -2.41. The molecule has 236 valence electrons. The first-order valence-electron chi connectivity index (χ1n) is 15.3. The first-order chi connectivity index (χ1) is 21.4. The first kappa shape index (κ1) is 31.8. The van der Waals surface area contributed by atoms with Crippen molar-refractivity contribution in [3.8, 4) is 6.07 Å². The Morgan fingerprint density at radius 2 is 1.60 bits per heavy atom. The number of amides is 3. The van der Waals surface area contributed by atoms with Crippen LogP contribution in [0.15, 0.2) is 36.4 Å². The maximum atomic E-state index is 13.2. The maximum absolute atomic E-state index is 13.2. The molecule has 1 saturated heterocycles. The molecule has 0 spiro atoms. The van der Waals surface area contributed by atoms with Gasteiger partial charge >= 0.3 is 0 Å². The van der Waals surface area contributed by atoms with Crippen LogP contribution in [0.2, 0.25) is 0 Å². The van der Waals surface area contributed by atoms with Crippen molar-refractivity contribution in [2.75, 3.05) is 41.3 Å². The lowest BCUT2D eigenvalue weighted by atomic mass is 9.65. The van der Waals surface area contributed by atoms with Gasteiger partial charge in [0.15, 0.2) is 5.82 Å². The van der Waals surface area contributed by atoms with Crippen LogP contribution in [0.25, 0.3) is 0 Å². The molecule has 0 bridgehead atoms. The maximum Gasteiger partial charge on any atom is 0.253 e. The van der Waals surface area contributed by atoms with E-state index >= 15 is 0 Å². The number of aryl methyl sites for hydroxylation is 2. The van der Waals surface area contributed by atoms with E-state index in [1.54, 1.807) is 42.9 Å². The number of carbonyl (C=O) groups excluding carboxylic acids is 3. The van der Waals surface area contributed by atoms with E-state index in [1.165, 1.54) is 0 Å². The second-order valence-electron chi connectivity index (χ2n) is 13.1. The molecule has 0 saturated carbocycles. The second-order valence-corrected chi connectivity index (χ2v) is 13.1. The Labute approximate surface area is 263 Å². The third-order valence-corrected chi connectivity index (χ3v) is 8.97. The van der Waals surface area contributed by atoms with Gasteiger partial charge in [-0.1, -0.05) is 17.3 Å². The van der Waals surface area contributed by atoms with Crippen LogP contribution in [0.1, 0.15) is 81.9 Å². The molecule has 3 aromatic rings. The van der Waals surface area contributed by atoms with Gasteiger partial charge in [-0.05, 0) is 92.5 Å². The summed E-state index contributed by atoms with van der Waals surface area (Å²) in [5.74, 6) is 0.153. The standard InChI is InChI=1S/C33H41N9O3/c1-32(2,35-19-28(43)42-15-7-8-25(42)18-34)20-33(31-36-38-39-37-31)26-13-11-23(29(44)40(3)4)16-21(26)9-10-22-17-24(12-14-27(22)33)30(45)41(5)6/h11-14,16-17,25,35H,7-10,15,19-20H2,1-6H3,(H,36,37,38,39). The number of carbonyl (C=O) groups is 3. The highest BCUT2D eigenvalue weighted by Gasteiger charge is 2.48. The fraction of sp³-hybridized carbons (Fsp3) is 0.485. The molecule has 3 amide bonds. The van der Waals surface area contributed by atoms with Gasteiger partial charge in [-0.15, -0.1) is 10.2 Å². The molecule has 1 fully saturated rings. The van der Waals surface area contributed by atoms with Gasteiger partial charge in [0.25, 0.3) is 11.8 Å². The van der Waals surface area contributed by atoms with Crippen molar-refractivity contribution in [2.45, 2.75) is 62.9 Å². The minimum absolute atomic E-state index is 0.0692. The van der Waals surface area contributed by atoms with Crippen LogP contribution in [-0.2, 0) is 23.1 Å². The second kappa shape index (κ2) is 12.4.